The summed E-state index contributed by atoms with van der Waals surface area (Å²) in [4.78, 5) is 24.2. The van der Waals surface area contributed by atoms with Gasteiger partial charge in [0.2, 0.25) is 0 Å². The van der Waals surface area contributed by atoms with Crippen LogP contribution in [0.3, 0.4) is 0 Å². The summed E-state index contributed by atoms with van der Waals surface area (Å²) in [5.74, 6) is -0.514. The van der Waals surface area contributed by atoms with Crippen LogP contribution in [0.4, 0.5) is 0 Å². The lowest BCUT2D eigenvalue weighted by atomic mass is 10.1. The molecule has 7 nitrogen and oxygen atoms in total. The van der Waals surface area contributed by atoms with Gasteiger partial charge in [0.15, 0.2) is 5.69 Å². The molecule has 0 unspecified atom stereocenters. The van der Waals surface area contributed by atoms with Gasteiger partial charge in [-0.2, -0.15) is 5.10 Å². The van der Waals surface area contributed by atoms with Gasteiger partial charge in [0.05, 0.1) is 10.6 Å². The minimum absolute atomic E-state index is 0. The SMILES string of the molecule is Cl.O=C(NCCNC(=O)c1n[nH]c2c1CNCC2)c1ccccc1Cl. The molecule has 1 aromatic carbocycles. The van der Waals surface area contributed by atoms with E-state index in [-0.39, 0.29) is 24.2 Å². The van der Waals surface area contributed by atoms with E-state index in [2.05, 4.69) is 26.1 Å². The molecule has 1 aliphatic rings. The van der Waals surface area contributed by atoms with Crippen LogP contribution in [0, 0.1) is 0 Å². The van der Waals surface area contributed by atoms with Gasteiger partial charge in [-0.1, -0.05) is 23.7 Å². The molecule has 2 heterocycles. The number of amides is 2. The van der Waals surface area contributed by atoms with Gasteiger partial charge in [0, 0.05) is 43.9 Å². The summed E-state index contributed by atoms with van der Waals surface area (Å²) < 4.78 is 0. The second kappa shape index (κ2) is 8.84. The number of hydrogen-bond acceptors (Lipinski definition) is 4. The number of nitrogens with one attached hydrogen (secondary N) is 4. The van der Waals surface area contributed by atoms with Crippen molar-refractivity contribution in [2.45, 2.75) is 13.0 Å². The van der Waals surface area contributed by atoms with Gasteiger partial charge in [0.1, 0.15) is 0 Å². The number of fused-ring (bicyclic) bond motifs is 1. The molecule has 0 saturated heterocycles. The number of H-pyrrole nitrogens is 1. The summed E-state index contributed by atoms with van der Waals surface area (Å²) in [6.07, 6.45) is 0.837. The van der Waals surface area contributed by atoms with Crippen molar-refractivity contribution in [2.75, 3.05) is 19.6 Å². The zero-order valence-electron chi connectivity index (χ0n) is 13.4. The first-order valence-electron chi connectivity index (χ1n) is 7.74. The van der Waals surface area contributed by atoms with Crippen molar-refractivity contribution in [1.29, 1.82) is 0 Å². The highest BCUT2D eigenvalue weighted by atomic mass is 35.5. The Hall–Kier alpha value is -2.09. The summed E-state index contributed by atoms with van der Waals surface area (Å²) in [6, 6.07) is 6.82. The van der Waals surface area contributed by atoms with E-state index in [0.717, 1.165) is 24.2 Å². The van der Waals surface area contributed by atoms with Crippen molar-refractivity contribution in [3.05, 3.63) is 51.8 Å². The molecule has 0 saturated carbocycles. The van der Waals surface area contributed by atoms with Gasteiger partial charge in [-0.15, -0.1) is 12.4 Å². The molecule has 3 rings (SSSR count). The molecule has 0 aliphatic carbocycles. The predicted octanol–water partition coefficient (Wildman–Crippen LogP) is 1.29. The maximum Gasteiger partial charge on any atom is 0.272 e. The molecule has 4 N–H and O–H groups in total. The normalized spacial score (nSPS) is 12.7. The Labute approximate surface area is 156 Å². The minimum Gasteiger partial charge on any atom is -0.350 e. The Morgan fingerprint density at radius 3 is 2.64 bits per heavy atom. The van der Waals surface area contributed by atoms with Gasteiger partial charge < -0.3 is 16.0 Å². The van der Waals surface area contributed by atoms with E-state index in [1.807, 2.05) is 0 Å². The first-order chi connectivity index (χ1) is 11.7. The predicted molar refractivity (Wildman–Crippen MR) is 97.4 cm³/mol. The molecule has 25 heavy (non-hydrogen) atoms. The Bertz CT molecular complexity index is 763. The fraction of sp³-hybridized carbons (Fsp3) is 0.312. The van der Waals surface area contributed by atoms with Crippen molar-refractivity contribution in [3.8, 4) is 0 Å². The van der Waals surface area contributed by atoms with Gasteiger partial charge >= 0.3 is 0 Å². The van der Waals surface area contributed by atoms with Crippen molar-refractivity contribution < 1.29 is 9.59 Å². The molecule has 134 valence electrons. The molecule has 0 radical (unpaired) electrons. The third-order valence-corrected chi connectivity index (χ3v) is 4.17. The topological polar surface area (TPSA) is 98.9 Å². The van der Waals surface area contributed by atoms with Gasteiger partial charge in [0.25, 0.3) is 11.8 Å². The van der Waals surface area contributed by atoms with Crippen LogP contribution >= 0.6 is 24.0 Å². The van der Waals surface area contributed by atoms with Crippen LogP contribution in [0.25, 0.3) is 0 Å². The van der Waals surface area contributed by atoms with Crippen molar-refractivity contribution >= 4 is 35.8 Å². The number of carbonyl (C=O) groups is 2. The van der Waals surface area contributed by atoms with E-state index in [1.54, 1.807) is 24.3 Å². The van der Waals surface area contributed by atoms with Crippen LogP contribution < -0.4 is 16.0 Å². The molecule has 1 aromatic heterocycles. The smallest absolute Gasteiger partial charge is 0.272 e. The third-order valence-electron chi connectivity index (χ3n) is 3.84. The fourth-order valence-electron chi connectivity index (χ4n) is 2.59. The van der Waals surface area contributed by atoms with E-state index in [0.29, 0.717) is 35.9 Å². The number of aromatic amines is 1. The van der Waals surface area contributed by atoms with Crippen LogP contribution in [0.2, 0.25) is 5.02 Å². The first-order valence-corrected chi connectivity index (χ1v) is 8.12. The highest BCUT2D eigenvalue weighted by Crippen LogP contribution is 2.15. The fourth-order valence-corrected chi connectivity index (χ4v) is 2.81. The Balaban J connectivity index is 0.00000225. The minimum atomic E-state index is -0.267. The largest absolute Gasteiger partial charge is 0.350 e. The lowest BCUT2D eigenvalue weighted by molar-refractivity contribution is 0.0924. The van der Waals surface area contributed by atoms with Crippen LogP contribution in [-0.4, -0.2) is 41.6 Å². The highest BCUT2D eigenvalue weighted by molar-refractivity contribution is 6.33. The molecule has 2 aromatic rings. The van der Waals surface area contributed by atoms with E-state index in [4.69, 9.17) is 11.6 Å². The van der Waals surface area contributed by atoms with E-state index in [1.165, 1.54) is 0 Å². The van der Waals surface area contributed by atoms with E-state index < -0.39 is 0 Å². The number of nitrogens with zero attached hydrogens (tertiary/aromatic N) is 1. The average molecular weight is 384 g/mol. The standard InChI is InChI=1S/C16H18ClN5O2.ClH/c17-12-4-2-1-3-10(12)15(23)19-7-8-20-16(24)14-11-9-18-6-5-13(11)21-22-14;/h1-4,18H,5-9H2,(H,19,23)(H,20,24)(H,21,22);1H. The summed E-state index contributed by atoms with van der Waals surface area (Å²) >= 11 is 5.97. The maximum atomic E-state index is 12.2. The molecular weight excluding hydrogens is 365 g/mol. The first kappa shape index (κ1) is 19.2. The molecule has 0 fully saturated rings. The zero-order chi connectivity index (χ0) is 16.9. The lowest BCUT2D eigenvalue weighted by Gasteiger charge is -2.13. The molecule has 0 atom stereocenters. The second-order valence-electron chi connectivity index (χ2n) is 5.45. The van der Waals surface area contributed by atoms with Crippen LogP contribution in [0.5, 0.6) is 0 Å². The van der Waals surface area contributed by atoms with Crippen LogP contribution in [0.15, 0.2) is 24.3 Å². The van der Waals surface area contributed by atoms with E-state index >= 15 is 0 Å². The van der Waals surface area contributed by atoms with Crippen molar-refractivity contribution in [2.24, 2.45) is 0 Å². The quantitative estimate of drug-likeness (QED) is 0.584. The summed E-state index contributed by atoms with van der Waals surface area (Å²) in [6.45, 7) is 2.13. The van der Waals surface area contributed by atoms with E-state index in [9.17, 15) is 9.59 Å². The van der Waals surface area contributed by atoms with Gasteiger partial charge in [-0.05, 0) is 12.1 Å². The Morgan fingerprint density at radius 1 is 1.16 bits per heavy atom. The monoisotopic (exact) mass is 383 g/mol. The molecule has 1 aliphatic heterocycles. The number of halogens is 2. The van der Waals surface area contributed by atoms with Gasteiger partial charge in [-0.3, -0.25) is 14.7 Å². The molecule has 0 spiro atoms. The maximum absolute atomic E-state index is 12.2. The van der Waals surface area contributed by atoms with Crippen molar-refractivity contribution in [1.82, 2.24) is 26.1 Å². The highest BCUT2D eigenvalue weighted by Gasteiger charge is 2.21. The summed E-state index contributed by atoms with van der Waals surface area (Å²) in [5.41, 5.74) is 2.75. The number of aromatic nitrogens is 2. The van der Waals surface area contributed by atoms with Crippen LogP contribution in [-0.2, 0) is 13.0 Å². The number of hydrogen-bond donors (Lipinski definition) is 4. The average Bonchev–Trinajstić information content (AvgIpc) is 3.03. The second-order valence-corrected chi connectivity index (χ2v) is 5.85. The molecule has 2 amide bonds. The summed E-state index contributed by atoms with van der Waals surface area (Å²) in [7, 11) is 0. The Morgan fingerprint density at radius 2 is 1.88 bits per heavy atom. The number of carbonyl (C=O) groups excluding carboxylic acids is 2. The molecule has 0 bridgehead atoms. The number of benzene rings is 1. The zero-order valence-corrected chi connectivity index (χ0v) is 15.0. The number of rotatable bonds is 5. The van der Waals surface area contributed by atoms with Gasteiger partial charge in [-0.25, -0.2) is 0 Å². The summed E-state index contributed by atoms with van der Waals surface area (Å²) in [5, 5.41) is 16.1. The lowest BCUT2D eigenvalue weighted by Crippen LogP contribution is -2.35. The van der Waals surface area contributed by atoms with Crippen molar-refractivity contribution in [3.63, 3.8) is 0 Å². The Kier molecular flexibility index (Phi) is 6.81. The third kappa shape index (κ3) is 4.50. The molecule has 9 heteroatoms. The molecular formula is C16H19Cl2N5O2. The van der Waals surface area contributed by atoms with Crippen LogP contribution in [0.1, 0.15) is 32.1 Å².